The second-order valence-corrected chi connectivity index (χ2v) is 4.55. The standard InChI is InChI=1S/C9H12ClNO2S/c1-6(11-3-2-9(12)13)7-4-8(10)14-5-7/h4-6,11H,2-3H2,1H3,(H,12,13). The molecular formula is C9H12ClNO2S. The number of carbonyl (C=O) groups is 1. The van der Waals surface area contributed by atoms with Gasteiger partial charge in [-0.25, -0.2) is 0 Å². The molecule has 1 atom stereocenters. The first-order valence-corrected chi connectivity index (χ1v) is 5.54. The third-order valence-corrected chi connectivity index (χ3v) is 2.99. The number of hydrogen-bond acceptors (Lipinski definition) is 3. The molecule has 0 spiro atoms. The fraction of sp³-hybridized carbons (Fsp3) is 0.444. The highest BCUT2D eigenvalue weighted by Crippen LogP contribution is 2.24. The molecule has 78 valence electrons. The number of carboxylic acids is 1. The second kappa shape index (κ2) is 5.34. The predicted octanol–water partition coefficient (Wildman–Crippen LogP) is 2.53. The lowest BCUT2D eigenvalue weighted by Crippen LogP contribution is -2.21. The molecule has 0 aliphatic rings. The van der Waals surface area contributed by atoms with Crippen LogP contribution < -0.4 is 5.32 Å². The Morgan fingerprint density at radius 1 is 1.79 bits per heavy atom. The predicted molar refractivity (Wildman–Crippen MR) is 58.0 cm³/mol. The van der Waals surface area contributed by atoms with Crippen molar-refractivity contribution in [2.24, 2.45) is 0 Å². The van der Waals surface area contributed by atoms with Gasteiger partial charge in [0.05, 0.1) is 10.8 Å². The van der Waals surface area contributed by atoms with Gasteiger partial charge < -0.3 is 10.4 Å². The molecule has 0 amide bonds. The summed E-state index contributed by atoms with van der Waals surface area (Å²) in [5.41, 5.74) is 1.10. The monoisotopic (exact) mass is 233 g/mol. The normalized spacial score (nSPS) is 12.7. The average molecular weight is 234 g/mol. The van der Waals surface area contributed by atoms with E-state index >= 15 is 0 Å². The summed E-state index contributed by atoms with van der Waals surface area (Å²) in [7, 11) is 0. The Bertz CT molecular complexity index is 314. The molecule has 0 aromatic carbocycles. The number of carboxylic acid groups (broad SMARTS) is 1. The quantitative estimate of drug-likeness (QED) is 0.822. The molecule has 1 rings (SSSR count). The molecular weight excluding hydrogens is 222 g/mol. The lowest BCUT2D eigenvalue weighted by Gasteiger charge is -2.10. The molecule has 2 N–H and O–H groups in total. The number of rotatable bonds is 5. The average Bonchev–Trinajstić information content (AvgIpc) is 2.51. The Kier molecular flexibility index (Phi) is 4.38. The molecule has 0 aliphatic carbocycles. The van der Waals surface area contributed by atoms with Crippen molar-refractivity contribution in [1.82, 2.24) is 5.32 Å². The molecule has 1 heterocycles. The molecule has 3 nitrogen and oxygen atoms in total. The van der Waals surface area contributed by atoms with Crippen molar-refractivity contribution in [3.05, 3.63) is 21.3 Å². The van der Waals surface area contributed by atoms with Gasteiger partial charge in [0.2, 0.25) is 0 Å². The smallest absolute Gasteiger partial charge is 0.304 e. The summed E-state index contributed by atoms with van der Waals surface area (Å²) < 4.78 is 0.756. The van der Waals surface area contributed by atoms with Crippen molar-refractivity contribution in [3.8, 4) is 0 Å². The maximum Gasteiger partial charge on any atom is 0.304 e. The Hall–Kier alpha value is -0.580. The van der Waals surface area contributed by atoms with E-state index in [-0.39, 0.29) is 12.5 Å². The molecule has 0 saturated carbocycles. The number of hydrogen-bond donors (Lipinski definition) is 2. The molecule has 0 fully saturated rings. The molecule has 0 bridgehead atoms. The van der Waals surface area contributed by atoms with Crippen LogP contribution in [0.1, 0.15) is 24.9 Å². The van der Waals surface area contributed by atoms with Crippen LogP contribution in [-0.2, 0) is 4.79 Å². The van der Waals surface area contributed by atoms with Gasteiger partial charge in [-0.3, -0.25) is 4.79 Å². The zero-order chi connectivity index (χ0) is 10.6. The summed E-state index contributed by atoms with van der Waals surface area (Å²) in [6.07, 6.45) is 0.141. The minimum absolute atomic E-state index is 0.141. The van der Waals surface area contributed by atoms with Gasteiger partial charge in [0.1, 0.15) is 0 Å². The van der Waals surface area contributed by atoms with Gasteiger partial charge in [-0.05, 0) is 23.9 Å². The van der Waals surface area contributed by atoms with Crippen LogP contribution in [0.4, 0.5) is 0 Å². The van der Waals surface area contributed by atoms with Crippen LogP contribution in [-0.4, -0.2) is 17.6 Å². The first kappa shape index (κ1) is 11.5. The summed E-state index contributed by atoms with van der Waals surface area (Å²) >= 11 is 7.27. The molecule has 0 radical (unpaired) electrons. The summed E-state index contributed by atoms with van der Waals surface area (Å²) in [6, 6.07) is 2.04. The van der Waals surface area contributed by atoms with Gasteiger partial charge in [-0.1, -0.05) is 11.6 Å². The Morgan fingerprint density at radius 2 is 2.50 bits per heavy atom. The maximum atomic E-state index is 10.3. The van der Waals surface area contributed by atoms with Crippen LogP contribution in [0.5, 0.6) is 0 Å². The van der Waals surface area contributed by atoms with Crippen LogP contribution in [0.25, 0.3) is 0 Å². The maximum absolute atomic E-state index is 10.3. The van der Waals surface area contributed by atoms with E-state index in [0.717, 1.165) is 9.90 Å². The second-order valence-electron chi connectivity index (χ2n) is 3.00. The van der Waals surface area contributed by atoms with E-state index in [1.165, 1.54) is 11.3 Å². The van der Waals surface area contributed by atoms with Crippen LogP contribution in [0.15, 0.2) is 11.4 Å². The summed E-state index contributed by atoms with van der Waals surface area (Å²) in [5.74, 6) is -0.784. The molecule has 1 aromatic heterocycles. The highest BCUT2D eigenvalue weighted by Gasteiger charge is 2.07. The van der Waals surface area contributed by atoms with Gasteiger partial charge in [0.15, 0.2) is 0 Å². The number of nitrogens with one attached hydrogen (secondary N) is 1. The van der Waals surface area contributed by atoms with Crippen molar-refractivity contribution in [2.45, 2.75) is 19.4 Å². The number of halogens is 1. The van der Waals surface area contributed by atoms with Crippen LogP contribution in [0.2, 0.25) is 4.34 Å². The summed E-state index contributed by atoms with van der Waals surface area (Å²) in [5, 5.41) is 13.5. The molecule has 1 aromatic rings. The van der Waals surface area contributed by atoms with Gasteiger partial charge in [0.25, 0.3) is 0 Å². The molecule has 14 heavy (non-hydrogen) atoms. The van der Waals surface area contributed by atoms with Gasteiger partial charge in [-0.15, -0.1) is 11.3 Å². The largest absolute Gasteiger partial charge is 0.481 e. The van der Waals surface area contributed by atoms with E-state index in [2.05, 4.69) is 5.32 Å². The summed E-state index contributed by atoms with van der Waals surface area (Å²) in [4.78, 5) is 10.3. The number of thiophene rings is 1. The van der Waals surface area contributed by atoms with Crippen molar-refractivity contribution in [2.75, 3.05) is 6.54 Å². The van der Waals surface area contributed by atoms with Crippen molar-refractivity contribution >= 4 is 28.9 Å². The van der Waals surface area contributed by atoms with Gasteiger partial charge in [-0.2, -0.15) is 0 Å². The number of aliphatic carboxylic acids is 1. The molecule has 5 heteroatoms. The molecule has 1 unspecified atom stereocenters. The summed E-state index contributed by atoms with van der Waals surface area (Å²) in [6.45, 7) is 2.46. The Labute approximate surface area is 91.7 Å². The van der Waals surface area contributed by atoms with E-state index in [1.54, 1.807) is 0 Å². The van der Waals surface area contributed by atoms with E-state index in [9.17, 15) is 4.79 Å². The van der Waals surface area contributed by atoms with Crippen molar-refractivity contribution in [1.29, 1.82) is 0 Å². The molecule has 0 aliphatic heterocycles. The lowest BCUT2D eigenvalue weighted by molar-refractivity contribution is -0.136. The minimum Gasteiger partial charge on any atom is -0.481 e. The zero-order valence-electron chi connectivity index (χ0n) is 7.79. The first-order valence-electron chi connectivity index (χ1n) is 4.28. The molecule has 0 saturated heterocycles. The highest BCUT2D eigenvalue weighted by molar-refractivity contribution is 7.14. The zero-order valence-corrected chi connectivity index (χ0v) is 9.36. The van der Waals surface area contributed by atoms with Crippen LogP contribution >= 0.6 is 22.9 Å². The fourth-order valence-corrected chi connectivity index (χ4v) is 2.05. The first-order chi connectivity index (χ1) is 6.59. The highest BCUT2D eigenvalue weighted by atomic mass is 35.5. The lowest BCUT2D eigenvalue weighted by atomic mass is 10.2. The Balaban J connectivity index is 2.35. The van der Waals surface area contributed by atoms with E-state index in [1.807, 2.05) is 18.4 Å². The third kappa shape index (κ3) is 3.65. The third-order valence-electron chi connectivity index (χ3n) is 1.88. The van der Waals surface area contributed by atoms with E-state index < -0.39 is 5.97 Å². The Morgan fingerprint density at radius 3 is 3.00 bits per heavy atom. The van der Waals surface area contributed by atoms with Crippen molar-refractivity contribution < 1.29 is 9.90 Å². The van der Waals surface area contributed by atoms with Crippen molar-refractivity contribution in [3.63, 3.8) is 0 Å². The topological polar surface area (TPSA) is 49.3 Å². The van der Waals surface area contributed by atoms with E-state index in [4.69, 9.17) is 16.7 Å². The van der Waals surface area contributed by atoms with Crippen LogP contribution in [0, 0.1) is 0 Å². The fourth-order valence-electron chi connectivity index (χ4n) is 1.06. The van der Waals surface area contributed by atoms with Gasteiger partial charge >= 0.3 is 5.97 Å². The van der Waals surface area contributed by atoms with E-state index in [0.29, 0.717) is 6.54 Å². The SMILES string of the molecule is CC(NCCC(=O)O)c1csc(Cl)c1. The minimum atomic E-state index is -0.784. The van der Waals surface area contributed by atoms with Crippen LogP contribution in [0.3, 0.4) is 0 Å². The van der Waals surface area contributed by atoms with Gasteiger partial charge in [0, 0.05) is 12.6 Å².